The standard InChI is InChI=1S/C21H29N5/c1-22-20(25-13-10-21(17-25)8-2-3-9-21)23-15-18-6-4-7-19(14-18)16-26-12-5-11-24-26/h4-7,11-12,14H,2-3,8-10,13,15-17H2,1H3,(H,22,23). The van der Waals surface area contributed by atoms with Gasteiger partial charge in [0, 0.05) is 39.1 Å². The first-order valence-corrected chi connectivity index (χ1v) is 9.77. The van der Waals surface area contributed by atoms with E-state index in [1.54, 1.807) is 0 Å². The van der Waals surface area contributed by atoms with Crippen LogP contribution in [0.3, 0.4) is 0 Å². The van der Waals surface area contributed by atoms with Crippen molar-refractivity contribution < 1.29 is 0 Å². The largest absolute Gasteiger partial charge is 0.352 e. The zero-order valence-electron chi connectivity index (χ0n) is 15.7. The molecule has 0 bridgehead atoms. The van der Waals surface area contributed by atoms with Crippen molar-refractivity contribution in [3.05, 3.63) is 53.9 Å². The minimum absolute atomic E-state index is 0.571. The van der Waals surface area contributed by atoms with Crippen LogP contribution in [0.5, 0.6) is 0 Å². The van der Waals surface area contributed by atoms with E-state index < -0.39 is 0 Å². The van der Waals surface area contributed by atoms with E-state index in [1.165, 1.54) is 49.8 Å². The third kappa shape index (κ3) is 3.76. The zero-order chi connectivity index (χ0) is 17.8. The van der Waals surface area contributed by atoms with Gasteiger partial charge in [0.1, 0.15) is 0 Å². The Hall–Kier alpha value is -2.30. The van der Waals surface area contributed by atoms with Gasteiger partial charge in [-0.3, -0.25) is 9.67 Å². The Morgan fingerprint density at radius 2 is 2.04 bits per heavy atom. The molecular formula is C21H29N5. The molecule has 0 unspecified atom stereocenters. The van der Waals surface area contributed by atoms with E-state index in [0.29, 0.717) is 5.41 Å². The van der Waals surface area contributed by atoms with E-state index in [9.17, 15) is 0 Å². The number of likely N-dealkylation sites (tertiary alicyclic amines) is 1. The van der Waals surface area contributed by atoms with Crippen molar-refractivity contribution in [3.63, 3.8) is 0 Å². The van der Waals surface area contributed by atoms with Crippen LogP contribution in [0.15, 0.2) is 47.7 Å². The molecule has 1 saturated heterocycles. The van der Waals surface area contributed by atoms with Gasteiger partial charge >= 0.3 is 0 Å². The summed E-state index contributed by atoms with van der Waals surface area (Å²) in [5.41, 5.74) is 3.13. The number of rotatable bonds is 4. The highest BCUT2D eigenvalue weighted by Gasteiger charge is 2.40. The summed E-state index contributed by atoms with van der Waals surface area (Å²) in [4.78, 5) is 7.00. The summed E-state index contributed by atoms with van der Waals surface area (Å²) in [5.74, 6) is 1.05. The van der Waals surface area contributed by atoms with Gasteiger partial charge in [-0.1, -0.05) is 37.1 Å². The molecule has 2 aliphatic rings. The predicted octanol–water partition coefficient (Wildman–Crippen LogP) is 3.27. The Balaban J connectivity index is 1.35. The fourth-order valence-corrected chi connectivity index (χ4v) is 4.58. The molecule has 1 N–H and O–H groups in total. The first-order chi connectivity index (χ1) is 12.8. The van der Waals surface area contributed by atoms with Crippen LogP contribution in [0.2, 0.25) is 0 Å². The average Bonchev–Trinajstić information content (AvgIpc) is 3.40. The van der Waals surface area contributed by atoms with Crippen LogP contribution >= 0.6 is 0 Å². The van der Waals surface area contributed by atoms with Crippen molar-refractivity contribution in [1.82, 2.24) is 20.0 Å². The highest BCUT2D eigenvalue weighted by Crippen LogP contribution is 2.45. The van der Waals surface area contributed by atoms with Crippen LogP contribution in [-0.2, 0) is 13.1 Å². The van der Waals surface area contributed by atoms with Gasteiger partial charge in [-0.2, -0.15) is 5.10 Å². The normalized spacial score (nSPS) is 19.4. The lowest BCUT2D eigenvalue weighted by atomic mass is 9.86. The number of hydrogen-bond acceptors (Lipinski definition) is 2. The molecule has 5 heteroatoms. The van der Waals surface area contributed by atoms with Crippen LogP contribution in [0.4, 0.5) is 0 Å². The Kier molecular flexibility index (Phi) is 4.96. The molecule has 1 aliphatic heterocycles. The molecule has 1 aliphatic carbocycles. The minimum atomic E-state index is 0.571. The van der Waals surface area contributed by atoms with Gasteiger partial charge in [0.05, 0.1) is 6.54 Å². The van der Waals surface area contributed by atoms with Crippen molar-refractivity contribution in [2.45, 2.75) is 45.2 Å². The van der Waals surface area contributed by atoms with Crippen LogP contribution < -0.4 is 5.32 Å². The maximum absolute atomic E-state index is 4.54. The zero-order valence-corrected chi connectivity index (χ0v) is 15.7. The molecular weight excluding hydrogens is 322 g/mol. The smallest absolute Gasteiger partial charge is 0.193 e. The van der Waals surface area contributed by atoms with E-state index in [0.717, 1.165) is 25.6 Å². The Morgan fingerprint density at radius 3 is 2.81 bits per heavy atom. The molecule has 138 valence electrons. The highest BCUT2D eigenvalue weighted by atomic mass is 15.3. The van der Waals surface area contributed by atoms with Gasteiger partial charge in [-0.15, -0.1) is 0 Å². The average molecular weight is 351 g/mol. The number of guanidine groups is 1. The molecule has 0 amide bonds. The van der Waals surface area contributed by atoms with Gasteiger partial charge in [-0.05, 0) is 41.9 Å². The van der Waals surface area contributed by atoms with E-state index in [1.807, 2.05) is 30.2 Å². The second-order valence-corrected chi connectivity index (χ2v) is 7.80. The monoisotopic (exact) mass is 351 g/mol. The molecule has 1 spiro atoms. The van der Waals surface area contributed by atoms with Crippen molar-refractivity contribution in [1.29, 1.82) is 0 Å². The van der Waals surface area contributed by atoms with E-state index >= 15 is 0 Å². The number of nitrogens with zero attached hydrogens (tertiary/aromatic N) is 4. The lowest BCUT2D eigenvalue weighted by Gasteiger charge is -2.26. The van der Waals surface area contributed by atoms with Gasteiger partial charge < -0.3 is 10.2 Å². The van der Waals surface area contributed by atoms with Gasteiger partial charge in [0.15, 0.2) is 5.96 Å². The molecule has 5 nitrogen and oxygen atoms in total. The number of nitrogens with one attached hydrogen (secondary N) is 1. The predicted molar refractivity (Wildman–Crippen MR) is 105 cm³/mol. The lowest BCUT2D eigenvalue weighted by molar-refractivity contribution is 0.309. The number of aliphatic imine (C=N–C) groups is 1. The molecule has 26 heavy (non-hydrogen) atoms. The van der Waals surface area contributed by atoms with Crippen molar-refractivity contribution >= 4 is 5.96 Å². The molecule has 1 aromatic heterocycles. The summed E-state index contributed by atoms with van der Waals surface area (Å²) >= 11 is 0. The number of hydrogen-bond donors (Lipinski definition) is 1. The summed E-state index contributed by atoms with van der Waals surface area (Å²) in [7, 11) is 1.90. The summed E-state index contributed by atoms with van der Waals surface area (Å²) in [5, 5.41) is 7.86. The SMILES string of the molecule is CN=C(NCc1cccc(Cn2cccn2)c1)N1CCC2(CCCC2)C1. The molecule has 0 radical (unpaired) electrons. The Morgan fingerprint density at radius 1 is 1.19 bits per heavy atom. The second kappa shape index (κ2) is 7.52. The summed E-state index contributed by atoms with van der Waals surface area (Å²) in [6, 6.07) is 10.7. The second-order valence-electron chi connectivity index (χ2n) is 7.80. The number of benzene rings is 1. The molecule has 2 aromatic rings. The maximum atomic E-state index is 4.54. The van der Waals surface area contributed by atoms with E-state index in [2.05, 4.69) is 44.6 Å². The molecule has 1 aromatic carbocycles. The fraction of sp³-hybridized carbons (Fsp3) is 0.524. The topological polar surface area (TPSA) is 45.5 Å². The summed E-state index contributed by atoms with van der Waals surface area (Å²) in [6.45, 7) is 3.93. The maximum Gasteiger partial charge on any atom is 0.193 e. The van der Waals surface area contributed by atoms with Gasteiger partial charge in [-0.25, -0.2) is 0 Å². The first kappa shape index (κ1) is 17.1. The Bertz CT molecular complexity index is 744. The van der Waals surface area contributed by atoms with Crippen LogP contribution in [0.25, 0.3) is 0 Å². The van der Waals surface area contributed by atoms with Gasteiger partial charge in [0.2, 0.25) is 0 Å². The van der Waals surface area contributed by atoms with Gasteiger partial charge in [0.25, 0.3) is 0 Å². The van der Waals surface area contributed by atoms with Crippen LogP contribution in [-0.4, -0.2) is 40.8 Å². The van der Waals surface area contributed by atoms with Crippen molar-refractivity contribution in [2.75, 3.05) is 20.1 Å². The minimum Gasteiger partial charge on any atom is -0.352 e. The summed E-state index contributed by atoms with van der Waals surface area (Å²) in [6.07, 6.45) is 10.8. The highest BCUT2D eigenvalue weighted by molar-refractivity contribution is 5.80. The first-order valence-electron chi connectivity index (χ1n) is 9.77. The molecule has 4 rings (SSSR count). The molecule has 1 saturated carbocycles. The van der Waals surface area contributed by atoms with E-state index in [4.69, 9.17) is 0 Å². The Labute approximate surface area is 156 Å². The van der Waals surface area contributed by atoms with Crippen LogP contribution in [0.1, 0.15) is 43.2 Å². The van der Waals surface area contributed by atoms with E-state index in [-0.39, 0.29) is 0 Å². The fourth-order valence-electron chi connectivity index (χ4n) is 4.58. The lowest BCUT2D eigenvalue weighted by Crippen LogP contribution is -2.40. The van der Waals surface area contributed by atoms with Crippen LogP contribution in [0, 0.1) is 5.41 Å². The quantitative estimate of drug-likeness (QED) is 0.679. The third-order valence-corrected chi connectivity index (χ3v) is 5.96. The third-order valence-electron chi connectivity index (χ3n) is 5.96. The van der Waals surface area contributed by atoms with Crippen molar-refractivity contribution in [3.8, 4) is 0 Å². The molecule has 0 atom stereocenters. The summed E-state index contributed by atoms with van der Waals surface area (Å²) < 4.78 is 1.96. The molecule has 2 fully saturated rings. The number of aromatic nitrogens is 2. The molecule has 2 heterocycles. The van der Waals surface area contributed by atoms with Crippen molar-refractivity contribution in [2.24, 2.45) is 10.4 Å².